The highest BCUT2D eigenvalue weighted by Gasteiger charge is 2.22. The first-order valence-electron chi connectivity index (χ1n) is 6.35. The molecule has 0 aliphatic heterocycles. The van der Waals surface area contributed by atoms with Gasteiger partial charge in [-0.3, -0.25) is 4.98 Å². The molecule has 0 bridgehead atoms. The van der Waals surface area contributed by atoms with E-state index in [1.165, 1.54) is 11.6 Å². The van der Waals surface area contributed by atoms with Crippen LogP contribution >= 0.6 is 15.9 Å². The average molecular weight is 321 g/mol. The SMILES string of the molecule is Fc1ccc(Br)c(CNC2CCc3cccnc32)c1. The molecule has 1 unspecified atom stereocenters. The molecule has 1 aromatic heterocycles. The third-order valence-corrected chi connectivity index (χ3v) is 4.28. The quantitative estimate of drug-likeness (QED) is 0.931. The molecule has 1 aliphatic rings. The van der Waals surface area contributed by atoms with Crippen LogP contribution < -0.4 is 5.32 Å². The largest absolute Gasteiger partial charge is 0.304 e. The molecular formula is C15H14BrFN2. The van der Waals surface area contributed by atoms with Gasteiger partial charge in [-0.15, -0.1) is 0 Å². The minimum absolute atomic E-state index is 0.204. The monoisotopic (exact) mass is 320 g/mol. The number of nitrogens with one attached hydrogen (secondary N) is 1. The molecule has 1 aliphatic carbocycles. The first-order valence-corrected chi connectivity index (χ1v) is 7.14. The predicted octanol–water partition coefficient (Wildman–Crippen LogP) is 3.76. The number of halogens is 2. The van der Waals surface area contributed by atoms with Crippen LogP contribution in [0.4, 0.5) is 4.39 Å². The average Bonchev–Trinajstić information content (AvgIpc) is 2.83. The van der Waals surface area contributed by atoms with Crippen molar-refractivity contribution in [2.45, 2.75) is 25.4 Å². The van der Waals surface area contributed by atoms with Crippen LogP contribution in [0.1, 0.15) is 29.3 Å². The molecule has 0 saturated heterocycles. The van der Waals surface area contributed by atoms with E-state index >= 15 is 0 Å². The number of hydrogen-bond acceptors (Lipinski definition) is 2. The number of benzene rings is 1. The van der Waals surface area contributed by atoms with E-state index in [4.69, 9.17) is 0 Å². The van der Waals surface area contributed by atoms with Crippen LogP contribution in [0.5, 0.6) is 0 Å². The lowest BCUT2D eigenvalue weighted by atomic mass is 10.1. The lowest BCUT2D eigenvalue weighted by molar-refractivity contribution is 0.518. The van der Waals surface area contributed by atoms with Crippen LogP contribution in [0.3, 0.4) is 0 Å². The number of aromatic nitrogens is 1. The molecule has 0 amide bonds. The number of nitrogens with zero attached hydrogens (tertiary/aromatic N) is 1. The highest BCUT2D eigenvalue weighted by Crippen LogP contribution is 2.29. The molecule has 0 fully saturated rings. The number of pyridine rings is 1. The summed E-state index contributed by atoms with van der Waals surface area (Å²) in [6.07, 6.45) is 3.95. The number of aryl methyl sites for hydroxylation is 1. The van der Waals surface area contributed by atoms with Gasteiger partial charge in [-0.2, -0.15) is 0 Å². The second kappa shape index (κ2) is 5.39. The zero-order valence-electron chi connectivity index (χ0n) is 10.4. The second-order valence-electron chi connectivity index (χ2n) is 4.76. The van der Waals surface area contributed by atoms with Crippen LogP contribution in [-0.4, -0.2) is 4.98 Å². The first kappa shape index (κ1) is 12.8. The van der Waals surface area contributed by atoms with Crippen molar-refractivity contribution in [1.82, 2.24) is 10.3 Å². The van der Waals surface area contributed by atoms with Crippen LogP contribution in [-0.2, 0) is 13.0 Å². The smallest absolute Gasteiger partial charge is 0.123 e. The Morgan fingerprint density at radius 2 is 2.26 bits per heavy atom. The summed E-state index contributed by atoms with van der Waals surface area (Å²) < 4.78 is 14.2. The fraction of sp³-hybridized carbons (Fsp3) is 0.267. The van der Waals surface area contributed by atoms with Crippen molar-refractivity contribution in [3.63, 3.8) is 0 Å². The standard InChI is InChI=1S/C15H14BrFN2/c16-13-5-4-12(17)8-11(13)9-19-14-6-3-10-2-1-7-18-15(10)14/h1-2,4-5,7-8,14,19H,3,6,9H2. The molecule has 1 atom stereocenters. The van der Waals surface area contributed by atoms with E-state index in [1.54, 1.807) is 12.1 Å². The van der Waals surface area contributed by atoms with E-state index in [0.717, 1.165) is 28.6 Å². The van der Waals surface area contributed by atoms with Crippen molar-refractivity contribution in [2.75, 3.05) is 0 Å². The third kappa shape index (κ3) is 2.69. The fourth-order valence-corrected chi connectivity index (χ4v) is 2.91. The summed E-state index contributed by atoms with van der Waals surface area (Å²) in [5, 5.41) is 3.46. The van der Waals surface area contributed by atoms with Crippen molar-refractivity contribution in [1.29, 1.82) is 0 Å². The van der Waals surface area contributed by atoms with E-state index in [-0.39, 0.29) is 11.9 Å². The van der Waals surface area contributed by atoms with Crippen LogP contribution in [0.15, 0.2) is 41.0 Å². The normalized spacial score (nSPS) is 17.5. The highest BCUT2D eigenvalue weighted by molar-refractivity contribution is 9.10. The molecule has 0 saturated carbocycles. The highest BCUT2D eigenvalue weighted by atomic mass is 79.9. The van der Waals surface area contributed by atoms with Gasteiger partial charge in [-0.05, 0) is 48.2 Å². The second-order valence-corrected chi connectivity index (χ2v) is 5.61. The molecule has 2 aromatic rings. The van der Waals surface area contributed by atoms with E-state index in [9.17, 15) is 4.39 Å². The maximum atomic E-state index is 13.2. The third-order valence-electron chi connectivity index (χ3n) is 3.51. The molecular weight excluding hydrogens is 307 g/mol. The summed E-state index contributed by atoms with van der Waals surface area (Å²) in [4.78, 5) is 4.44. The van der Waals surface area contributed by atoms with E-state index in [0.29, 0.717) is 6.54 Å². The number of hydrogen-bond donors (Lipinski definition) is 1. The molecule has 1 aromatic carbocycles. The van der Waals surface area contributed by atoms with Gasteiger partial charge in [-0.1, -0.05) is 22.0 Å². The maximum Gasteiger partial charge on any atom is 0.123 e. The molecule has 1 heterocycles. The minimum atomic E-state index is -0.204. The molecule has 98 valence electrons. The number of rotatable bonds is 3. The molecule has 0 radical (unpaired) electrons. The Labute approximate surface area is 120 Å². The van der Waals surface area contributed by atoms with Gasteiger partial charge in [0.25, 0.3) is 0 Å². The molecule has 4 heteroatoms. The van der Waals surface area contributed by atoms with Crippen molar-refractivity contribution in [2.24, 2.45) is 0 Å². The first-order chi connectivity index (χ1) is 9.24. The van der Waals surface area contributed by atoms with E-state index in [2.05, 4.69) is 32.3 Å². The minimum Gasteiger partial charge on any atom is -0.304 e. The Morgan fingerprint density at radius 3 is 3.16 bits per heavy atom. The lowest BCUT2D eigenvalue weighted by Gasteiger charge is -2.14. The summed E-state index contributed by atoms with van der Waals surface area (Å²) in [6.45, 7) is 0.638. The van der Waals surface area contributed by atoms with Gasteiger partial charge in [0.15, 0.2) is 0 Å². The Morgan fingerprint density at radius 1 is 1.37 bits per heavy atom. The van der Waals surface area contributed by atoms with Crippen LogP contribution in [0.2, 0.25) is 0 Å². The van der Waals surface area contributed by atoms with Gasteiger partial charge >= 0.3 is 0 Å². The Bertz CT molecular complexity index is 600. The zero-order valence-corrected chi connectivity index (χ0v) is 12.0. The van der Waals surface area contributed by atoms with Gasteiger partial charge in [-0.25, -0.2) is 4.39 Å². The summed E-state index contributed by atoms with van der Waals surface area (Å²) in [7, 11) is 0. The van der Waals surface area contributed by atoms with Crippen LogP contribution in [0.25, 0.3) is 0 Å². The van der Waals surface area contributed by atoms with E-state index < -0.39 is 0 Å². The maximum absolute atomic E-state index is 13.2. The molecule has 3 rings (SSSR count). The van der Waals surface area contributed by atoms with Gasteiger partial charge in [0, 0.05) is 17.2 Å². The lowest BCUT2D eigenvalue weighted by Crippen LogP contribution is -2.19. The van der Waals surface area contributed by atoms with Crippen molar-refractivity contribution in [3.05, 3.63) is 63.6 Å². The fourth-order valence-electron chi connectivity index (χ4n) is 2.52. The predicted molar refractivity (Wildman–Crippen MR) is 76.2 cm³/mol. The van der Waals surface area contributed by atoms with Crippen molar-refractivity contribution in [3.8, 4) is 0 Å². The van der Waals surface area contributed by atoms with Gasteiger partial charge in [0.1, 0.15) is 5.82 Å². The summed E-state index contributed by atoms with van der Waals surface area (Å²) in [5.74, 6) is -0.204. The van der Waals surface area contributed by atoms with Crippen LogP contribution in [0, 0.1) is 5.82 Å². The van der Waals surface area contributed by atoms with Crippen molar-refractivity contribution >= 4 is 15.9 Å². The summed E-state index contributed by atoms with van der Waals surface area (Å²) in [5.41, 5.74) is 3.39. The Balaban J connectivity index is 1.72. The zero-order chi connectivity index (χ0) is 13.2. The Hall–Kier alpha value is -1.26. The molecule has 19 heavy (non-hydrogen) atoms. The van der Waals surface area contributed by atoms with E-state index in [1.807, 2.05) is 12.3 Å². The topological polar surface area (TPSA) is 24.9 Å². The van der Waals surface area contributed by atoms with Gasteiger partial charge in [0.05, 0.1) is 11.7 Å². The summed E-state index contributed by atoms with van der Waals surface area (Å²) >= 11 is 3.45. The van der Waals surface area contributed by atoms with Crippen molar-refractivity contribution < 1.29 is 4.39 Å². The Kier molecular flexibility index (Phi) is 3.62. The molecule has 1 N–H and O–H groups in total. The van der Waals surface area contributed by atoms with Gasteiger partial charge in [0.2, 0.25) is 0 Å². The summed E-state index contributed by atoms with van der Waals surface area (Å²) in [6, 6.07) is 9.14. The van der Waals surface area contributed by atoms with Gasteiger partial charge < -0.3 is 5.32 Å². The number of fused-ring (bicyclic) bond motifs is 1. The molecule has 0 spiro atoms. The molecule has 2 nitrogen and oxygen atoms in total.